The molecular weight excluding hydrogens is 204 g/mol. The maximum atomic E-state index is 9.32. The van der Waals surface area contributed by atoms with Crippen molar-refractivity contribution in [3.8, 4) is 6.07 Å². The van der Waals surface area contributed by atoms with Gasteiger partial charge < -0.3 is 9.47 Å². The number of nitriles is 1. The van der Waals surface area contributed by atoms with E-state index in [9.17, 15) is 5.26 Å². The van der Waals surface area contributed by atoms with E-state index in [2.05, 4.69) is 18.3 Å². The van der Waals surface area contributed by atoms with Crippen LogP contribution < -0.4 is 5.32 Å². The molecule has 1 aliphatic rings. The van der Waals surface area contributed by atoms with E-state index in [0.29, 0.717) is 13.2 Å². The first-order chi connectivity index (χ1) is 7.76. The third kappa shape index (κ3) is 3.75. The van der Waals surface area contributed by atoms with Crippen LogP contribution in [0.1, 0.15) is 32.6 Å². The van der Waals surface area contributed by atoms with Crippen LogP contribution in [-0.2, 0) is 9.47 Å². The molecule has 1 N–H and O–H groups in total. The first-order valence-corrected chi connectivity index (χ1v) is 6.03. The van der Waals surface area contributed by atoms with Crippen LogP contribution in [0.25, 0.3) is 0 Å². The Labute approximate surface area is 97.9 Å². The number of nitrogens with one attached hydrogen (secondary N) is 1. The van der Waals surface area contributed by atoms with Gasteiger partial charge in [-0.25, -0.2) is 0 Å². The summed E-state index contributed by atoms with van der Waals surface area (Å²) in [5.41, 5.74) is -0.406. The normalized spacial score (nSPS) is 29.9. The van der Waals surface area contributed by atoms with Gasteiger partial charge in [0.05, 0.1) is 18.8 Å². The summed E-state index contributed by atoms with van der Waals surface area (Å²) in [7, 11) is 1.67. The first kappa shape index (κ1) is 13.4. The lowest BCUT2D eigenvalue weighted by molar-refractivity contribution is -0.0196. The summed E-state index contributed by atoms with van der Waals surface area (Å²) >= 11 is 0. The number of hydrogen-bond donors (Lipinski definition) is 1. The second-order valence-corrected chi connectivity index (χ2v) is 4.35. The van der Waals surface area contributed by atoms with E-state index >= 15 is 0 Å². The molecule has 0 saturated carbocycles. The summed E-state index contributed by atoms with van der Waals surface area (Å²) in [6.07, 6.45) is 3.93. The molecule has 1 saturated heterocycles. The first-order valence-electron chi connectivity index (χ1n) is 6.03. The van der Waals surface area contributed by atoms with Crippen LogP contribution in [0.4, 0.5) is 0 Å². The van der Waals surface area contributed by atoms with Gasteiger partial charge in [0.15, 0.2) is 0 Å². The predicted molar refractivity (Wildman–Crippen MR) is 62.1 cm³/mol. The maximum Gasteiger partial charge on any atom is 0.111 e. The highest BCUT2D eigenvalue weighted by molar-refractivity contribution is 5.09. The van der Waals surface area contributed by atoms with Crippen LogP contribution in [0.5, 0.6) is 0 Å². The molecule has 1 heterocycles. The zero-order valence-corrected chi connectivity index (χ0v) is 10.3. The minimum absolute atomic E-state index is 0.230. The van der Waals surface area contributed by atoms with Crippen LogP contribution in [0.3, 0.4) is 0 Å². The number of ether oxygens (including phenoxy) is 2. The molecule has 2 unspecified atom stereocenters. The maximum absolute atomic E-state index is 9.32. The van der Waals surface area contributed by atoms with Crippen molar-refractivity contribution in [2.45, 2.75) is 44.2 Å². The highest BCUT2D eigenvalue weighted by atomic mass is 16.5. The van der Waals surface area contributed by atoms with Crippen LogP contribution in [0.15, 0.2) is 0 Å². The minimum atomic E-state index is -0.406. The van der Waals surface area contributed by atoms with E-state index in [-0.39, 0.29) is 6.10 Å². The fraction of sp³-hybridized carbons (Fsp3) is 0.917. The summed E-state index contributed by atoms with van der Waals surface area (Å²) in [4.78, 5) is 0. The van der Waals surface area contributed by atoms with Gasteiger partial charge in [-0.05, 0) is 6.42 Å². The Balaban J connectivity index is 2.47. The summed E-state index contributed by atoms with van der Waals surface area (Å²) in [5, 5.41) is 12.6. The fourth-order valence-corrected chi connectivity index (χ4v) is 2.15. The van der Waals surface area contributed by atoms with Crippen molar-refractivity contribution in [3.05, 3.63) is 0 Å². The molecule has 0 spiro atoms. The van der Waals surface area contributed by atoms with Crippen LogP contribution in [0.2, 0.25) is 0 Å². The molecule has 0 aromatic heterocycles. The van der Waals surface area contributed by atoms with Gasteiger partial charge in [-0.15, -0.1) is 0 Å². The quantitative estimate of drug-likeness (QED) is 0.697. The van der Waals surface area contributed by atoms with Crippen molar-refractivity contribution < 1.29 is 9.47 Å². The van der Waals surface area contributed by atoms with Gasteiger partial charge in [0.1, 0.15) is 5.54 Å². The van der Waals surface area contributed by atoms with Crippen molar-refractivity contribution >= 4 is 0 Å². The monoisotopic (exact) mass is 226 g/mol. The molecule has 2 atom stereocenters. The molecule has 4 heteroatoms. The van der Waals surface area contributed by atoms with Crippen LogP contribution in [-0.4, -0.2) is 38.5 Å². The van der Waals surface area contributed by atoms with Gasteiger partial charge in [-0.1, -0.05) is 13.3 Å². The number of nitrogens with zero attached hydrogens (tertiary/aromatic N) is 1. The average molecular weight is 226 g/mol. The Morgan fingerprint density at radius 3 is 3.06 bits per heavy atom. The molecule has 0 aromatic rings. The topological polar surface area (TPSA) is 54.3 Å². The van der Waals surface area contributed by atoms with E-state index in [1.807, 2.05) is 0 Å². The fourth-order valence-electron chi connectivity index (χ4n) is 2.15. The number of rotatable bonds is 6. The average Bonchev–Trinajstić information content (AvgIpc) is 2.30. The Bertz CT molecular complexity index is 238. The van der Waals surface area contributed by atoms with Gasteiger partial charge in [-0.3, -0.25) is 5.32 Å². The Hall–Kier alpha value is -0.630. The van der Waals surface area contributed by atoms with Gasteiger partial charge in [0, 0.05) is 33.1 Å². The molecular formula is C12H22N2O2. The third-order valence-electron chi connectivity index (χ3n) is 3.05. The molecule has 4 nitrogen and oxygen atoms in total. The lowest BCUT2D eigenvalue weighted by Gasteiger charge is -2.36. The van der Waals surface area contributed by atoms with Gasteiger partial charge in [-0.2, -0.15) is 5.26 Å². The van der Waals surface area contributed by atoms with Crippen molar-refractivity contribution in [2.75, 3.05) is 26.9 Å². The highest BCUT2D eigenvalue weighted by Gasteiger charge is 2.36. The number of hydrogen-bond acceptors (Lipinski definition) is 4. The molecule has 1 aliphatic heterocycles. The van der Waals surface area contributed by atoms with Crippen molar-refractivity contribution in [1.82, 2.24) is 5.32 Å². The molecule has 0 aliphatic carbocycles. The molecule has 0 radical (unpaired) electrons. The Morgan fingerprint density at radius 1 is 1.62 bits per heavy atom. The second-order valence-electron chi connectivity index (χ2n) is 4.35. The van der Waals surface area contributed by atoms with E-state index in [1.54, 1.807) is 7.11 Å². The molecule has 16 heavy (non-hydrogen) atoms. The summed E-state index contributed by atoms with van der Waals surface area (Å²) in [5.74, 6) is 0. The van der Waals surface area contributed by atoms with Gasteiger partial charge in [0.25, 0.3) is 0 Å². The Morgan fingerprint density at radius 2 is 2.44 bits per heavy atom. The molecule has 0 amide bonds. The largest absolute Gasteiger partial charge is 0.383 e. The van der Waals surface area contributed by atoms with Gasteiger partial charge >= 0.3 is 0 Å². The van der Waals surface area contributed by atoms with Gasteiger partial charge in [0.2, 0.25) is 0 Å². The van der Waals surface area contributed by atoms with Crippen molar-refractivity contribution in [1.29, 1.82) is 5.26 Å². The summed E-state index contributed by atoms with van der Waals surface area (Å²) in [6, 6.07) is 2.42. The highest BCUT2D eigenvalue weighted by Crippen LogP contribution is 2.26. The van der Waals surface area contributed by atoms with E-state index in [0.717, 1.165) is 32.2 Å². The van der Waals surface area contributed by atoms with E-state index < -0.39 is 5.54 Å². The summed E-state index contributed by atoms with van der Waals surface area (Å²) in [6.45, 7) is 4.19. The number of methoxy groups -OCH3 is 1. The van der Waals surface area contributed by atoms with Crippen LogP contribution >= 0.6 is 0 Å². The summed E-state index contributed by atoms with van der Waals surface area (Å²) < 4.78 is 10.7. The zero-order valence-electron chi connectivity index (χ0n) is 10.3. The standard InChI is InChI=1S/C12H22N2O2/c1-3-4-11-9-12(10-13,5-7-16-11)14-6-8-15-2/h11,14H,3-9H2,1-2H3. The zero-order chi connectivity index (χ0) is 11.9. The molecule has 0 aromatic carbocycles. The Kier molecular flexibility index (Phi) is 5.75. The predicted octanol–water partition coefficient (Wildman–Crippen LogP) is 1.46. The van der Waals surface area contributed by atoms with E-state index in [1.165, 1.54) is 0 Å². The lowest BCUT2D eigenvalue weighted by atomic mass is 9.86. The van der Waals surface area contributed by atoms with Crippen LogP contribution in [0, 0.1) is 11.3 Å². The van der Waals surface area contributed by atoms with E-state index in [4.69, 9.17) is 9.47 Å². The van der Waals surface area contributed by atoms with Crippen molar-refractivity contribution in [3.63, 3.8) is 0 Å². The molecule has 1 fully saturated rings. The van der Waals surface area contributed by atoms with Crippen molar-refractivity contribution in [2.24, 2.45) is 0 Å². The molecule has 92 valence electrons. The minimum Gasteiger partial charge on any atom is -0.383 e. The smallest absolute Gasteiger partial charge is 0.111 e. The second kappa shape index (κ2) is 6.85. The molecule has 0 bridgehead atoms. The lowest BCUT2D eigenvalue weighted by Crippen LogP contribution is -2.51. The molecule has 1 rings (SSSR count). The SMILES string of the molecule is CCCC1CC(C#N)(NCCOC)CCO1. The third-order valence-corrected chi connectivity index (χ3v) is 3.05.